The molecule has 2 rings (SSSR count). The van der Waals surface area contributed by atoms with E-state index in [1.54, 1.807) is 0 Å². The van der Waals surface area contributed by atoms with Crippen LogP contribution < -0.4 is 5.32 Å². The number of sulfone groups is 1. The van der Waals surface area contributed by atoms with Crippen molar-refractivity contribution in [3.8, 4) is 0 Å². The Labute approximate surface area is 120 Å². The molecule has 0 unspecified atom stereocenters. The second-order valence-corrected chi connectivity index (χ2v) is 7.18. The van der Waals surface area contributed by atoms with Crippen molar-refractivity contribution in [1.29, 1.82) is 0 Å². The Kier molecular flexibility index (Phi) is 6.52. The van der Waals surface area contributed by atoms with Crippen molar-refractivity contribution in [2.24, 2.45) is 0 Å². The Hall–Kier alpha value is -0.370. The molecule has 0 aromatic heterocycles. The van der Waals surface area contributed by atoms with Crippen molar-refractivity contribution >= 4 is 28.2 Å². The number of hydrogen-bond donors (Lipinski definition) is 1. The van der Waals surface area contributed by atoms with Gasteiger partial charge in [-0.1, -0.05) is 0 Å². The predicted octanol–water partition coefficient (Wildman–Crippen LogP) is -1.04. The third-order valence-electron chi connectivity index (χ3n) is 3.55. The molecule has 2 saturated heterocycles. The zero-order chi connectivity index (χ0) is 13.0. The third kappa shape index (κ3) is 5.25. The highest BCUT2D eigenvalue weighted by Crippen LogP contribution is 2.05. The zero-order valence-corrected chi connectivity index (χ0v) is 12.6. The summed E-state index contributed by atoms with van der Waals surface area (Å²) in [5.74, 6) is 0.647. The van der Waals surface area contributed by atoms with Gasteiger partial charge in [-0.2, -0.15) is 0 Å². The second-order valence-electron chi connectivity index (χ2n) is 4.87. The molecule has 0 atom stereocenters. The number of piperazine rings is 1. The first-order chi connectivity index (χ1) is 8.57. The normalized spacial score (nSPS) is 23.7. The molecule has 6 nitrogen and oxygen atoms in total. The summed E-state index contributed by atoms with van der Waals surface area (Å²) < 4.78 is 22.5. The molecular formula is C11H22ClN3O3S. The lowest BCUT2D eigenvalue weighted by Gasteiger charge is -2.30. The fourth-order valence-corrected chi connectivity index (χ4v) is 3.58. The first-order valence-electron chi connectivity index (χ1n) is 6.48. The van der Waals surface area contributed by atoms with Crippen LogP contribution >= 0.6 is 12.4 Å². The van der Waals surface area contributed by atoms with E-state index in [0.717, 1.165) is 26.2 Å². The SMILES string of the molecule is Cl.O=C(CCN1CCS(=O)(=O)CC1)N1CCNCC1. The molecule has 19 heavy (non-hydrogen) atoms. The molecule has 2 aliphatic heterocycles. The smallest absolute Gasteiger partial charge is 0.223 e. The van der Waals surface area contributed by atoms with Crippen LogP contribution in [0.4, 0.5) is 0 Å². The number of nitrogens with zero attached hydrogens (tertiary/aromatic N) is 2. The molecule has 0 spiro atoms. The molecule has 2 fully saturated rings. The highest BCUT2D eigenvalue weighted by molar-refractivity contribution is 7.91. The van der Waals surface area contributed by atoms with E-state index in [0.29, 0.717) is 26.1 Å². The number of nitrogens with one attached hydrogen (secondary N) is 1. The molecule has 0 bridgehead atoms. The summed E-state index contributed by atoms with van der Waals surface area (Å²) in [5, 5.41) is 3.21. The molecule has 8 heteroatoms. The predicted molar refractivity (Wildman–Crippen MR) is 76.4 cm³/mol. The molecule has 1 amide bonds. The standard InChI is InChI=1S/C11H21N3O3S.ClH/c15-11(14-5-2-12-3-6-14)1-4-13-7-9-18(16,17)10-8-13;/h12H,1-10H2;1H. The van der Waals surface area contributed by atoms with Crippen LogP contribution in [0.25, 0.3) is 0 Å². The number of carbonyl (C=O) groups is 1. The first kappa shape index (κ1) is 16.7. The van der Waals surface area contributed by atoms with Gasteiger partial charge in [0.1, 0.15) is 0 Å². The number of amides is 1. The van der Waals surface area contributed by atoms with Crippen molar-refractivity contribution in [1.82, 2.24) is 15.1 Å². The van der Waals surface area contributed by atoms with Crippen molar-refractivity contribution in [2.75, 3.05) is 57.3 Å². The van der Waals surface area contributed by atoms with Crippen molar-refractivity contribution < 1.29 is 13.2 Å². The van der Waals surface area contributed by atoms with Crippen molar-refractivity contribution in [3.05, 3.63) is 0 Å². The summed E-state index contributed by atoms with van der Waals surface area (Å²) in [5.41, 5.74) is 0. The monoisotopic (exact) mass is 311 g/mol. The maximum atomic E-state index is 11.9. The number of rotatable bonds is 3. The fourth-order valence-electron chi connectivity index (χ4n) is 2.30. The van der Waals surface area contributed by atoms with E-state index < -0.39 is 9.84 Å². The third-order valence-corrected chi connectivity index (χ3v) is 5.16. The first-order valence-corrected chi connectivity index (χ1v) is 8.30. The molecule has 0 aromatic rings. The Morgan fingerprint density at radius 1 is 1.05 bits per heavy atom. The lowest BCUT2D eigenvalue weighted by Crippen LogP contribution is -2.47. The van der Waals surface area contributed by atoms with Crippen molar-refractivity contribution in [3.63, 3.8) is 0 Å². The van der Waals surface area contributed by atoms with E-state index in [1.807, 2.05) is 4.90 Å². The van der Waals surface area contributed by atoms with Crippen LogP contribution in [0.15, 0.2) is 0 Å². The van der Waals surface area contributed by atoms with Gasteiger partial charge in [-0.3, -0.25) is 4.79 Å². The number of hydrogen-bond acceptors (Lipinski definition) is 5. The van der Waals surface area contributed by atoms with Gasteiger partial charge in [0.2, 0.25) is 5.91 Å². The van der Waals surface area contributed by atoms with E-state index in [9.17, 15) is 13.2 Å². The van der Waals surface area contributed by atoms with Gasteiger partial charge in [0.25, 0.3) is 0 Å². The second kappa shape index (κ2) is 7.42. The highest BCUT2D eigenvalue weighted by Gasteiger charge is 2.23. The summed E-state index contributed by atoms with van der Waals surface area (Å²) in [6.45, 7) is 5.12. The van der Waals surface area contributed by atoms with Crippen LogP contribution in [0.1, 0.15) is 6.42 Å². The van der Waals surface area contributed by atoms with Crippen LogP contribution in [0.3, 0.4) is 0 Å². The molecule has 0 radical (unpaired) electrons. The summed E-state index contributed by atoms with van der Waals surface area (Å²) in [7, 11) is -2.82. The highest BCUT2D eigenvalue weighted by atomic mass is 35.5. The maximum absolute atomic E-state index is 11.9. The van der Waals surface area contributed by atoms with Gasteiger partial charge in [-0.05, 0) is 0 Å². The van der Waals surface area contributed by atoms with Crippen LogP contribution in [-0.4, -0.2) is 81.4 Å². The molecule has 1 N–H and O–H groups in total. The van der Waals surface area contributed by atoms with Gasteiger partial charge in [-0.15, -0.1) is 12.4 Å². The van der Waals surface area contributed by atoms with Crippen molar-refractivity contribution in [2.45, 2.75) is 6.42 Å². The van der Waals surface area contributed by atoms with Gasteiger partial charge in [-0.25, -0.2) is 8.42 Å². The zero-order valence-electron chi connectivity index (χ0n) is 11.0. The molecule has 0 aromatic carbocycles. The average Bonchev–Trinajstić information content (AvgIpc) is 2.38. The summed E-state index contributed by atoms with van der Waals surface area (Å²) in [4.78, 5) is 15.9. The molecule has 112 valence electrons. The van der Waals surface area contributed by atoms with E-state index >= 15 is 0 Å². The van der Waals surface area contributed by atoms with E-state index in [1.165, 1.54) is 0 Å². The fraction of sp³-hybridized carbons (Fsp3) is 0.909. The van der Waals surface area contributed by atoms with Crippen LogP contribution in [-0.2, 0) is 14.6 Å². The minimum Gasteiger partial charge on any atom is -0.340 e. The lowest BCUT2D eigenvalue weighted by molar-refractivity contribution is -0.132. The minimum absolute atomic E-state index is 0. The molecule has 0 saturated carbocycles. The van der Waals surface area contributed by atoms with Gasteiger partial charge in [0.15, 0.2) is 9.84 Å². The Balaban J connectivity index is 0.00000180. The van der Waals surface area contributed by atoms with Crippen LogP contribution in [0, 0.1) is 0 Å². The molecule has 2 aliphatic rings. The van der Waals surface area contributed by atoms with Crippen LogP contribution in [0.5, 0.6) is 0 Å². The molecular weight excluding hydrogens is 290 g/mol. The summed E-state index contributed by atoms with van der Waals surface area (Å²) in [6.07, 6.45) is 0.500. The molecule has 0 aliphatic carbocycles. The van der Waals surface area contributed by atoms with Crippen LogP contribution in [0.2, 0.25) is 0 Å². The van der Waals surface area contributed by atoms with Gasteiger partial charge < -0.3 is 15.1 Å². The number of halogens is 1. The average molecular weight is 312 g/mol. The summed E-state index contributed by atoms with van der Waals surface area (Å²) in [6, 6.07) is 0. The topological polar surface area (TPSA) is 69.7 Å². The Morgan fingerprint density at radius 2 is 1.63 bits per heavy atom. The van der Waals surface area contributed by atoms with E-state index in [-0.39, 0.29) is 29.8 Å². The largest absolute Gasteiger partial charge is 0.340 e. The molecule has 2 heterocycles. The van der Waals surface area contributed by atoms with E-state index in [2.05, 4.69) is 10.2 Å². The van der Waals surface area contributed by atoms with E-state index in [4.69, 9.17) is 0 Å². The summed E-state index contributed by atoms with van der Waals surface area (Å²) >= 11 is 0. The lowest BCUT2D eigenvalue weighted by atomic mass is 10.3. The minimum atomic E-state index is -2.82. The Bertz CT molecular complexity index is 382. The number of carbonyl (C=O) groups excluding carboxylic acids is 1. The quantitative estimate of drug-likeness (QED) is 0.721. The van der Waals surface area contributed by atoms with Gasteiger partial charge >= 0.3 is 0 Å². The van der Waals surface area contributed by atoms with Gasteiger partial charge in [0, 0.05) is 52.2 Å². The Morgan fingerprint density at radius 3 is 2.21 bits per heavy atom. The van der Waals surface area contributed by atoms with Gasteiger partial charge in [0.05, 0.1) is 11.5 Å². The maximum Gasteiger partial charge on any atom is 0.223 e.